The number of hydrogen-bond acceptors (Lipinski definition) is 3. The van der Waals surface area contributed by atoms with E-state index in [0.717, 1.165) is 31.6 Å². The number of aromatic nitrogens is 1. The molecule has 15 heavy (non-hydrogen) atoms. The van der Waals surface area contributed by atoms with E-state index in [0.29, 0.717) is 0 Å². The molecule has 3 nitrogen and oxygen atoms in total. The van der Waals surface area contributed by atoms with Crippen LogP contribution in [0.1, 0.15) is 12.5 Å². The number of hydrogen-bond donors (Lipinski definition) is 0. The van der Waals surface area contributed by atoms with Gasteiger partial charge in [-0.1, -0.05) is 0 Å². The van der Waals surface area contributed by atoms with Crippen molar-refractivity contribution in [2.24, 2.45) is 0 Å². The fourth-order valence-electron chi connectivity index (χ4n) is 1.95. The summed E-state index contributed by atoms with van der Waals surface area (Å²) in [5, 5.41) is 0. The highest BCUT2D eigenvalue weighted by atomic mass is 31.0. The molecule has 0 saturated carbocycles. The summed E-state index contributed by atoms with van der Waals surface area (Å²) >= 11 is 0. The quantitative estimate of drug-likeness (QED) is 0.712. The van der Waals surface area contributed by atoms with E-state index in [1.165, 1.54) is 11.3 Å². The molecule has 0 spiro atoms. The molecule has 1 aliphatic heterocycles. The molecule has 82 valence electrons. The number of rotatable bonds is 2. The second kappa shape index (κ2) is 4.36. The highest BCUT2D eigenvalue weighted by Gasteiger charge is 2.20. The van der Waals surface area contributed by atoms with Gasteiger partial charge in [-0.3, -0.25) is 0 Å². The number of likely N-dealkylation sites (N-methyl/N-ethyl adjacent to an activating group) is 2. The van der Waals surface area contributed by atoms with Gasteiger partial charge in [0.15, 0.2) is 5.82 Å². The molecule has 1 aliphatic rings. The van der Waals surface area contributed by atoms with Gasteiger partial charge in [0.2, 0.25) is 0 Å². The molecular formula is C11H18N3P. The van der Waals surface area contributed by atoms with Gasteiger partial charge in [0.25, 0.3) is 0 Å². The predicted octanol–water partition coefficient (Wildman–Crippen LogP) is 1.73. The lowest BCUT2D eigenvalue weighted by Gasteiger charge is -2.35. The molecule has 1 aromatic rings. The van der Waals surface area contributed by atoms with Crippen molar-refractivity contribution in [3.8, 4) is 0 Å². The first-order chi connectivity index (χ1) is 7.26. The lowest BCUT2D eigenvalue weighted by Crippen LogP contribution is -2.39. The zero-order valence-electron chi connectivity index (χ0n) is 9.40. The predicted molar refractivity (Wildman–Crippen MR) is 68.8 cm³/mol. The molecule has 0 aromatic carbocycles. The van der Waals surface area contributed by atoms with E-state index < -0.39 is 0 Å². The Morgan fingerprint density at radius 3 is 2.93 bits per heavy atom. The molecule has 1 unspecified atom stereocenters. The molecule has 4 heteroatoms. The van der Waals surface area contributed by atoms with Gasteiger partial charge in [-0.15, -0.1) is 9.24 Å². The third-order valence-corrected chi connectivity index (χ3v) is 3.40. The van der Waals surface area contributed by atoms with Gasteiger partial charge in [0.1, 0.15) is 0 Å². The zero-order valence-corrected chi connectivity index (χ0v) is 10.6. The molecule has 1 atom stereocenters. The van der Waals surface area contributed by atoms with Gasteiger partial charge in [0.05, 0.1) is 5.69 Å². The number of fused-ring (bicyclic) bond motifs is 1. The van der Waals surface area contributed by atoms with Crippen molar-refractivity contribution < 1.29 is 0 Å². The van der Waals surface area contributed by atoms with Crippen LogP contribution in [0.5, 0.6) is 0 Å². The van der Waals surface area contributed by atoms with Crippen molar-refractivity contribution in [2.45, 2.75) is 13.1 Å². The molecule has 0 bridgehead atoms. The Morgan fingerprint density at radius 1 is 1.47 bits per heavy atom. The number of nitrogens with zero attached hydrogens (tertiary/aromatic N) is 3. The first-order valence-corrected chi connectivity index (χ1v) is 6.23. The van der Waals surface area contributed by atoms with Gasteiger partial charge in [-0.05, 0) is 24.7 Å². The van der Waals surface area contributed by atoms with Gasteiger partial charge >= 0.3 is 0 Å². The Balaban J connectivity index is 2.43. The summed E-state index contributed by atoms with van der Waals surface area (Å²) in [5.41, 5.74) is 2.57. The van der Waals surface area contributed by atoms with Gasteiger partial charge in [0, 0.05) is 32.9 Å². The van der Waals surface area contributed by atoms with Crippen molar-refractivity contribution >= 4 is 20.7 Å². The average Bonchev–Trinajstić information content (AvgIpc) is 2.29. The van der Waals surface area contributed by atoms with Crippen LogP contribution in [0, 0.1) is 0 Å². The van der Waals surface area contributed by atoms with Crippen LogP contribution in [-0.4, -0.2) is 31.7 Å². The van der Waals surface area contributed by atoms with Crippen LogP contribution in [0.4, 0.5) is 11.5 Å². The maximum absolute atomic E-state index is 4.54. The molecule has 2 heterocycles. The van der Waals surface area contributed by atoms with Crippen LogP contribution in [-0.2, 0) is 6.16 Å². The summed E-state index contributed by atoms with van der Waals surface area (Å²) in [6, 6.07) is 2.26. The molecule has 0 aliphatic carbocycles. The molecule has 0 saturated heterocycles. The second-order valence-electron chi connectivity index (χ2n) is 3.89. The summed E-state index contributed by atoms with van der Waals surface area (Å²) in [6.07, 6.45) is 2.95. The molecule has 1 aromatic heterocycles. The number of anilines is 2. The maximum Gasteiger partial charge on any atom is 0.151 e. The van der Waals surface area contributed by atoms with Crippen LogP contribution in [0.25, 0.3) is 0 Å². The maximum atomic E-state index is 4.54. The molecule has 0 N–H and O–H groups in total. The summed E-state index contributed by atoms with van der Waals surface area (Å²) in [7, 11) is 4.86. The summed E-state index contributed by atoms with van der Waals surface area (Å²) in [6.45, 7) is 5.42. The normalized spacial score (nSPS) is 15.4. The van der Waals surface area contributed by atoms with Crippen LogP contribution in [0.2, 0.25) is 0 Å². The lowest BCUT2D eigenvalue weighted by atomic mass is 10.2. The van der Waals surface area contributed by atoms with E-state index in [9.17, 15) is 0 Å². The minimum absolute atomic E-state index is 0.974. The smallest absolute Gasteiger partial charge is 0.151 e. The first-order valence-electron chi connectivity index (χ1n) is 5.41. The molecule has 2 rings (SSSR count). The van der Waals surface area contributed by atoms with Crippen molar-refractivity contribution in [1.82, 2.24) is 4.98 Å². The Bertz CT molecular complexity index is 354. The SMILES string of the molecule is CCN1CCN(C)c2ncc(CP)cc21. The summed E-state index contributed by atoms with van der Waals surface area (Å²) < 4.78 is 0. The van der Waals surface area contributed by atoms with Crippen LogP contribution < -0.4 is 9.80 Å². The zero-order chi connectivity index (χ0) is 10.8. The third-order valence-electron chi connectivity index (χ3n) is 2.93. The summed E-state index contributed by atoms with van der Waals surface area (Å²) in [4.78, 5) is 9.17. The molecule has 0 fully saturated rings. The second-order valence-corrected chi connectivity index (χ2v) is 4.30. The largest absolute Gasteiger partial charge is 0.367 e. The van der Waals surface area contributed by atoms with Gasteiger partial charge in [-0.25, -0.2) is 4.98 Å². The van der Waals surface area contributed by atoms with Crippen molar-refractivity contribution in [2.75, 3.05) is 36.5 Å². The molecule has 0 amide bonds. The molecular weight excluding hydrogens is 205 g/mol. The van der Waals surface area contributed by atoms with Crippen molar-refractivity contribution in [3.05, 3.63) is 17.8 Å². The van der Waals surface area contributed by atoms with E-state index in [2.05, 4.69) is 44.1 Å². The molecule has 0 radical (unpaired) electrons. The van der Waals surface area contributed by atoms with Gasteiger partial charge in [-0.2, -0.15) is 0 Å². The van der Waals surface area contributed by atoms with Crippen molar-refractivity contribution in [1.29, 1.82) is 0 Å². The lowest BCUT2D eigenvalue weighted by molar-refractivity contribution is 0.742. The third kappa shape index (κ3) is 1.93. The van der Waals surface area contributed by atoms with E-state index in [-0.39, 0.29) is 0 Å². The minimum Gasteiger partial charge on any atom is -0.367 e. The highest BCUT2D eigenvalue weighted by molar-refractivity contribution is 7.15. The van der Waals surface area contributed by atoms with E-state index in [4.69, 9.17) is 0 Å². The fourth-order valence-corrected chi connectivity index (χ4v) is 2.17. The van der Waals surface area contributed by atoms with Crippen LogP contribution >= 0.6 is 9.24 Å². The average molecular weight is 223 g/mol. The Labute approximate surface area is 93.7 Å². The van der Waals surface area contributed by atoms with Crippen LogP contribution in [0.15, 0.2) is 12.3 Å². The first kappa shape index (κ1) is 10.7. The Kier molecular flexibility index (Phi) is 3.11. The topological polar surface area (TPSA) is 19.4 Å². The highest BCUT2D eigenvalue weighted by Crippen LogP contribution is 2.30. The van der Waals surface area contributed by atoms with E-state index in [1.807, 2.05) is 6.20 Å². The minimum atomic E-state index is 0.974. The Morgan fingerprint density at radius 2 is 2.27 bits per heavy atom. The van der Waals surface area contributed by atoms with E-state index >= 15 is 0 Å². The number of pyridine rings is 1. The van der Waals surface area contributed by atoms with E-state index in [1.54, 1.807) is 0 Å². The van der Waals surface area contributed by atoms with Crippen molar-refractivity contribution in [3.63, 3.8) is 0 Å². The summed E-state index contributed by atoms with van der Waals surface area (Å²) in [5.74, 6) is 1.12. The van der Waals surface area contributed by atoms with Gasteiger partial charge < -0.3 is 9.80 Å². The Hall–Kier alpha value is -0.820. The standard InChI is InChI=1S/C11H18N3P/c1-3-14-5-4-13(2)11-10(14)6-9(8-15)7-12-11/h6-7H,3-5,8,15H2,1-2H3. The monoisotopic (exact) mass is 223 g/mol. The fraction of sp³-hybridized carbons (Fsp3) is 0.545. The van der Waals surface area contributed by atoms with Crippen LogP contribution in [0.3, 0.4) is 0 Å².